The summed E-state index contributed by atoms with van der Waals surface area (Å²) in [5.74, 6) is 0.927. The summed E-state index contributed by atoms with van der Waals surface area (Å²) in [6, 6.07) is 5.28. The van der Waals surface area contributed by atoms with Gasteiger partial charge < -0.3 is 14.7 Å². The van der Waals surface area contributed by atoms with Crippen LogP contribution in [0.1, 0.15) is 30.3 Å². The van der Waals surface area contributed by atoms with Crippen molar-refractivity contribution in [2.75, 3.05) is 13.1 Å². The summed E-state index contributed by atoms with van der Waals surface area (Å²) >= 11 is 6.38. The molecule has 1 fully saturated rings. The summed E-state index contributed by atoms with van der Waals surface area (Å²) in [4.78, 5) is 12.3. The van der Waals surface area contributed by atoms with E-state index < -0.39 is 0 Å². The number of halogens is 2. The van der Waals surface area contributed by atoms with Gasteiger partial charge in [0.1, 0.15) is 17.2 Å². The Balaban J connectivity index is 1.61. The molecular formula is C20H19ClFN5. The molecule has 1 aliphatic rings. The van der Waals surface area contributed by atoms with Crippen LogP contribution < -0.4 is 5.32 Å². The van der Waals surface area contributed by atoms with Gasteiger partial charge in [-0.3, -0.25) is 0 Å². The lowest BCUT2D eigenvalue weighted by Crippen LogP contribution is -2.27. The molecule has 5 nitrogen and oxygen atoms in total. The number of aryl methyl sites for hydroxylation is 1. The monoisotopic (exact) mass is 383 g/mol. The quantitative estimate of drug-likeness (QED) is 0.537. The highest BCUT2D eigenvalue weighted by Crippen LogP contribution is 2.31. The van der Waals surface area contributed by atoms with E-state index in [1.54, 1.807) is 0 Å². The molecule has 0 amide bonds. The van der Waals surface area contributed by atoms with E-state index in [9.17, 15) is 4.39 Å². The second-order valence-corrected chi connectivity index (χ2v) is 7.60. The third-order valence-electron chi connectivity index (χ3n) is 5.25. The van der Waals surface area contributed by atoms with Crippen molar-refractivity contribution in [1.29, 1.82) is 0 Å². The highest BCUT2D eigenvalue weighted by Gasteiger charge is 2.20. The van der Waals surface area contributed by atoms with Crippen molar-refractivity contribution in [3.8, 4) is 11.1 Å². The van der Waals surface area contributed by atoms with E-state index in [-0.39, 0.29) is 5.82 Å². The number of nitrogens with one attached hydrogen (secondary N) is 2. The Morgan fingerprint density at radius 3 is 2.74 bits per heavy atom. The Morgan fingerprint density at radius 2 is 1.93 bits per heavy atom. The Hall–Kier alpha value is -2.44. The fourth-order valence-electron chi connectivity index (χ4n) is 3.88. The first-order valence-electron chi connectivity index (χ1n) is 9.13. The molecule has 138 valence electrons. The number of benzene rings is 1. The summed E-state index contributed by atoms with van der Waals surface area (Å²) in [6.07, 6.45) is 5.85. The zero-order valence-electron chi connectivity index (χ0n) is 14.9. The van der Waals surface area contributed by atoms with E-state index >= 15 is 0 Å². The van der Waals surface area contributed by atoms with Gasteiger partial charge in [-0.2, -0.15) is 0 Å². The van der Waals surface area contributed by atoms with E-state index in [1.807, 2.05) is 35.9 Å². The van der Waals surface area contributed by atoms with Gasteiger partial charge in [-0.15, -0.1) is 0 Å². The molecular weight excluding hydrogens is 365 g/mol. The molecule has 0 radical (unpaired) electrons. The molecule has 0 saturated carbocycles. The highest BCUT2D eigenvalue weighted by molar-refractivity contribution is 6.33. The minimum absolute atomic E-state index is 0.298. The van der Waals surface area contributed by atoms with Gasteiger partial charge in [0.2, 0.25) is 0 Å². The fourth-order valence-corrected chi connectivity index (χ4v) is 4.14. The number of aromatic amines is 1. The molecule has 5 rings (SSSR count). The molecule has 3 aromatic heterocycles. The van der Waals surface area contributed by atoms with Crippen molar-refractivity contribution in [2.45, 2.75) is 25.7 Å². The minimum atomic E-state index is -0.298. The van der Waals surface area contributed by atoms with Crippen molar-refractivity contribution < 1.29 is 4.39 Å². The average Bonchev–Trinajstić information content (AvgIpc) is 3.26. The summed E-state index contributed by atoms with van der Waals surface area (Å²) in [5, 5.41) is 3.89. The van der Waals surface area contributed by atoms with Gasteiger partial charge in [0, 0.05) is 23.9 Å². The van der Waals surface area contributed by atoms with Gasteiger partial charge >= 0.3 is 0 Å². The number of aromatic nitrogens is 4. The molecule has 4 heterocycles. The molecule has 0 unspecified atom stereocenters. The molecule has 0 atom stereocenters. The Kier molecular flexibility index (Phi) is 3.91. The molecule has 0 aliphatic carbocycles. The molecule has 0 spiro atoms. The maximum atomic E-state index is 14.8. The van der Waals surface area contributed by atoms with Crippen molar-refractivity contribution >= 4 is 28.3 Å². The molecule has 1 aliphatic heterocycles. The van der Waals surface area contributed by atoms with Crippen LogP contribution in [0.15, 0.2) is 30.6 Å². The summed E-state index contributed by atoms with van der Waals surface area (Å²) < 4.78 is 16.7. The van der Waals surface area contributed by atoms with Gasteiger partial charge in [0.05, 0.1) is 16.2 Å². The van der Waals surface area contributed by atoms with Crippen LogP contribution in [0.5, 0.6) is 0 Å². The first-order chi connectivity index (χ1) is 13.1. The SMILES string of the molecule is Cc1cn2cc(-c3cc(F)c4[nH]c(C5CCNCC5)nc4c3)cc(Cl)c2n1. The third kappa shape index (κ3) is 2.89. The van der Waals surface area contributed by atoms with E-state index in [0.717, 1.165) is 48.6 Å². The molecule has 7 heteroatoms. The van der Waals surface area contributed by atoms with E-state index in [0.29, 0.717) is 27.6 Å². The van der Waals surface area contributed by atoms with Crippen LogP contribution in [-0.4, -0.2) is 32.4 Å². The topological polar surface area (TPSA) is 58.0 Å². The van der Waals surface area contributed by atoms with Gasteiger partial charge in [-0.1, -0.05) is 11.6 Å². The van der Waals surface area contributed by atoms with E-state index in [1.165, 1.54) is 6.07 Å². The van der Waals surface area contributed by atoms with Crippen molar-refractivity contribution in [1.82, 2.24) is 24.7 Å². The molecule has 2 N–H and O–H groups in total. The smallest absolute Gasteiger partial charge is 0.155 e. The number of hydrogen-bond acceptors (Lipinski definition) is 3. The zero-order valence-corrected chi connectivity index (χ0v) is 15.6. The van der Waals surface area contributed by atoms with E-state index in [2.05, 4.69) is 15.3 Å². The van der Waals surface area contributed by atoms with Gasteiger partial charge in [0.25, 0.3) is 0 Å². The maximum absolute atomic E-state index is 14.8. The molecule has 1 aromatic carbocycles. The van der Waals surface area contributed by atoms with Gasteiger partial charge in [0.15, 0.2) is 5.65 Å². The largest absolute Gasteiger partial charge is 0.339 e. The molecule has 27 heavy (non-hydrogen) atoms. The van der Waals surface area contributed by atoms with Crippen LogP contribution in [0.4, 0.5) is 4.39 Å². The second-order valence-electron chi connectivity index (χ2n) is 7.19. The van der Waals surface area contributed by atoms with Crippen LogP contribution in [0.2, 0.25) is 5.02 Å². The number of nitrogens with zero attached hydrogens (tertiary/aromatic N) is 3. The van der Waals surface area contributed by atoms with Crippen LogP contribution in [-0.2, 0) is 0 Å². The van der Waals surface area contributed by atoms with Gasteiger partial charge in [-0.05, 0) is 56.6 Å². The van der Waals surface area contributed by atoms with Crippen LogP contribution in [0.25, 0.3) is 27.8 Å². The van der Waals surface area contributed by atoms with Crippen molar-refractivity contribution in [2.24, 2.45) is 0 Å². The second kappa shape index (κ2) is 6.32. The van der Waals surface area contributed by atoms with Crippen LogP contribution >= 0.6 is 11.6 Å². The zero-order chi connectivity index (χ0) is 18.5. The first kappa shape index (κ1) is 16.7. The number of rotatable bonds is 2. The lowest BCUT2D eigenvalue weighted by molar-refractivity contribution is 0.448. The normalized spacial score (nSPS) is 15.8. The number of piperidine rings is 1. The summed E-state index contributed by atoms with van der Waals surface area (Å²) in [6.45, 7) is 3.86. The number of imidazole rings is 2. The first-order valence-corrected chi connectivity index (χ1v) is 9.51. The Labute approximate surface area is 160 Å². The maximum Gasteiger partial charge on any atom is 0.155 e. The molecule has 1 saturated heterocycles. The minimum Gasteiger partial charge on any atom is -0.339 e. The summed E-state index contributed by atoms with van der Waals surface area (Å²) in [5.41, 5.74) is 4.28. The highest BCUT2D eigenvalue weighted by atomic mass is 35.5. The third-order valence-corrected chi connectivity index (χ3v) is 5.53. The number of fused-ring (bicyclic) bond motifs is 2. The lowest BCUT2D eigenvalue weighted by atomic mass is 9.98. The summed E-state index contributed by atoms with van der Waals surface area (Å²) in [7, 11) is 0. The lowest BCUT2D eigenvalue weighted by Gasteiger charge is -2.20. The predicted octanol–water partition coefficient (Wildman–Crippen LogP) is 4.45. The van der Waals surface area contributed by atoms with Crippen LogP contribution in [0, 0.1) is 12.7 Å². The number of H-pyrrole nitrogens is 1. The number of pyridine rings is 1. The van der Waals surface area contributed by atoms with Gasteiger partial charge in [-0.25, -0.2) is 14.4 Å². The Morgan fingerprint density at radius 1 is 1.11 bits per heavy atom. The fraction of sp³-hybridized carbons (Fsp3) is 0.300. The van der Waals surface area contributed by atoms with Crippen molar-refractivity contribution in [3.05, 3.63) is 53.0 Å². The Bertz CT molecular complexity index is 1160. The van der Waals surface area contributed by atoms with Crippen molar-refractivity contribution in [3.63, 3.8) is 0 Å². The van der Waals surface area contributed by atoms with Crippen LogP contribution in [0.3, 0.4) is 0 Å². The number of hydrogen-bond donors (Lipinski definition) is 2. The predicted molar refractivity (Wildman–Crippen MR) is 105 cm³/mol. The average molecular weight is 384 g/mol. The van der Waals surface area contributed by atoms with E-state index in [4.69, 9.17) is 16.6 Å². The standard InChI is InChI=1S/C20H19ClFN5/c1-11-9-27-10-14(6-15(21)20(27)24-11)13-7-16(22)18-17(8-13)25-19(26-18)12-2-4-23-5-3-12/h6-10,12,23H,2-5H2,1H3,(H,25,26). The molecule has 4 aromatic rings. The molecule has 0 bridgehead atoms.